The van der Waals surface area contributed by atoms with E-state index in [4.69, 9.17) is 5.73 Å². The van der Waals surface area contributed by atoms with Crippen molar-refractivity contribution in [2.75, 3.05) is 19.6 Å². The first-order valence-electron chi connectivity index (χ1n) is 6.16. The number of pyridine rings is 1. The molecule has 3 heteroatoms. The highest BCUT2D eigenvalue weighted by molar-refractivity contribution is 5.12. The molecule has 3 rings (SSSR count). The lowest BCUT2D eigenvalue weighted by molar-refractivity contribution is 0.0560. The van der Waals surface area contributed by atoms with Crippen LogP contribution in [0.25, 0.3) is 0 Å². The van der Waals surface area contributed by atoms with Crippen LogP contribution in [0.15, 0.2) is 24.5 Å². The molecule has 0 amide bonds. The first-order chi connectivity index (χ1) is 7.76. The third kappa shape index (κ3) is 1.97. The molecular weight excluding hydrogens is 198 g/mol. The second-order valence-corrected chi connectivity index (χ2v) is 5.32. The summed E-state index contributed by atoms with van der Waals surface area (Å²) in [6.45, 7) is 3.33. The third-order valence-corrected chi connectivity index (χ3v) is 3.89. The molecule has 0 atom stereocenters. The van der Waals surface area contributed by atoms with E-state index in [1.165, 1.54) is 18.4 Å². The number of aromatic nitrogens is 1. The van der Waals surface area contributed by atoms with Crippen molar-refractivity contribution < 1.29 is 0 Å². The van der Waals surface area contributed by atoms with Gasteiger partial charge in [0.1, 0.15) is 0 Å². The minimum absolute atomic E-state index is 0.165. The molecule has 1 saturated carbocycles. The third-order valence-electron chi connectivity index (χ3n) is 3.89. The van der Waals surface area contributed by atoms with E-state index in [2.05, 4.69) is 22.0 Å². The van der Waals surface area contributed by atoms with Crippen LogP contribution in [0.1, 0.15) is 18.4 Å². The van der Waals surface area contributed by atoms with Crippen molar-refractivity contribution in [1.29, 1.82) is 0 Å². The summed E-state index contributed by atoms with van der Waals surface area (Å²) in [6.07, 6.45) is 7.55. The van der Waals surface area contributed by atoms with Crippen molar-refractivity contribution in [3.05, 3.63) is 30.1 Å². The standard InChI is InChI=1S/C13H19N3/c14-13(12-1-2-12)9-16(10-13)8-5-11-3-6-15-7-4-11/h3-4,6-7,12H,1-2,5,8-10,14H2. The smallest absolute Gasteiger partial charge is 0.0440 e. The summed E-state index contributed by atoms with van der Waals surface area (Å²) in [4.78, 5) is 6.50. The average Bonchev–Trinajstić information content (AvgIpc) is 3.08. The summed E-state index contributed by atoms with van der Waals surface area (Å²) in [7, 11) is 0. The van der Waals surface area contributed by atoms with Crippen LogP contribution in [0.3, 0.4) is 0 Å². The van der Waals surface area contributed by atoms with Gasteiger partial charge in [-0.15, -0.1) is 0 Å². The van der Waals surface area contributed by atoms with Gasteiger partial charge in [0.05, 0.1) is 0 Å². The highest BCUT2D eigenvalue weighted by Crippen LogP contribution is 2.42. The van der Waals surface area contributed by atoms with Crippen LogP contribution in [0, 0.1) is 5.92 Å². The Bertz CT molecular complexity index is 353. The van der Waals surface area contributed by atoms with Crippen LogP contribution < -0.4 is 5.73 Å². The molecule has 1 aromatic heterocycles. The van der Waals surface area contributed by atoms with Crippen LogP contribution in [-0.2, 0) is 6.42 Å². The van der Waals surface area contributed by atoms with Gasteiger partial charge in [0.25, 0.3) is 0 Å². The lowest BCUT2D eigenvalue weighted by atomic mass is 9.85. The quantitative estimate of drug-likeness (QED) is 0.819. The van der Waals surface area contributed by atoms with Gasteiger partial charge < -0.3 is 5.73 Å². The van der Waals surface area contributed by atoms with Crippen LogP contribution in [-0.4, -0.2) is 35.1 Å². The van der Waals surface area contributed by atoms with Crippen LogP contribution in [0.2, 0.25) is 0 Å². The first kappa shape index (κ1) is 10.2. The molecular formula is C13H19N3. The zero-order chi connectivity index (χ0) is 11.0. The van der Waals surface area contributed by atoms with E-state index < -0.39 is 0 Å². The molecule has 1 aromatic rings. The molecule has 2 heterocycles. The van der Waals surface area contributed by atoms with Crippen molar-refractivity contribution in [3.8, 4) is 0 Å². The van der Waals surface area contributed by atoms with E-state index in [-0.39, 0.29) is 5.54 Å². The fourth-order valence-corrected chi connectivity index (χ4v) is 2.70. The summed E-state index contributed by atoms with van der Waals surface area (Å²) in [5, 5.41) is 0. The molecule has 0 aromatic carbocycles. The highest BCUT2D eigenvalue weighted by Gasteiger charge is 2.49. The molecule has 0 unspecified atom stereocenters. The number of rotatable bonds is 4. The number of hydrogen-bond donors (Lipinski definition) is 1. The normalized spacial score (nSPS) is 24.1. The van der Waals surface area contributed by atoms with E-state index in [1.54, 1.807) is 0 Å². The number of nitrogens with two attached hydrogens (primary N) is 1. The van der Waals surface area contributed by atoms with Gasteiger partial charge in [0.2, 0.25) is 0 Å². The highest BCUT2D eigenvalue weighted by atomic mass is 15.3. The lowest BCUT2D eigenvalue weighted by Crippen LogP contribution is -2.68. The van der Waals surface area contributed by atoms with Crippen LogP contribution >= 0.6 is 0 Å². The van der Waals surface area contributed by atoms with E-state index in [0.717, 1.165) is 32.0 Å². The molecule has 2 fully saturated rings. The Kier molecular flexibility index (Phi) is 2.45. The van der Waals surface area contributed by atoms with Crippen molar-refractivity contribution in [2.45, 2.75) is 24.8 Å². The van der Waals surface area contributed by atoms with Gasteiger partial charge in [-0.05, 0) is 42.9 Å². The van der Waals surface area contributed by atoms with Crippen LogP contribution in [0.5, 0.6) is 0 Å². The molecule has 1 aliphatic carbocycles. The Hall–Kier alpha value is -0.930. The van der Waals surface area contributed by atoms with E-state index >= 15 is 0 Å². The summed E-state index contributed by atoms with van der Waals surface area (Å²) in [6, 6.07) is 4.19. The van der Waals surface area contributed by atoms with E-state index in [1.807, 2.05) is 12.4 Å². The van der Waals surface area contributed by atoms with Crippen molar-refractivity contribution >= 4 is 0 Å². The number of likely N-dealkylation sites (tertiary alicyclic amines) is 1. The summed E-state index contributed by atoms with van der Waals surface area (Å²) >= 11 is 0. The van der Waals surface area contributed by atoms with Crippen LogP contribution in [0.4, 0.5) is 0 Å². The minimum Gasteiger partial charge on any atom is -0.323 e. The van der Waals surface area contributed by atoms with E-state index in [0.29, 0.717) is 0 Å². The summed E-state index contributed by atoms with van der Waals surface area (Å²) < 4.78 is 0. The Morgan fingerprint density at radius 1 is 1.31 bits per heavy atom. The molecule has 0 bridgehead atoms. The molecule has 1 saturated heterocycles. The zero-order valence-corrected chi connectivity index (χ0v) is 9.60. The molecule has 0 radical (unpaired) electrons. The SMILES string of the molecule is NC1(C2CC2)CN(CCc2ccncc2)C1. The van der Waals surface area contributed by atoms with Crippen molar-refractivity contribution in [3.63, 3.8) is 0 Å². The maximum absolute atomic E-state index is 6.32. The molecule has 0 spiro atoms. The molecule has 86 valence electrons. The maximum Gasteiger partial charge on any atom is 0.0440 e. The average molecular weight is 217 g/mol. The van der Waals surface area contributed by atoms with Gasteiger partial charge in [-0.1, -0.05) is 0 Å². The minimum atomic E-state index is 0.165. The van der Waals surface area contributed by atoms with Gasteiger partial charge in [-0.25, -0.2) is 0 Å². The van der Waals surface area contributed by atoms with Crippen molar-refractivity contribution in [2.24, 2.45) is 11.7 Å². The Morgan fingerprint density at radius 3 is 2.62 bits per heavy atom. The topological polar surface area (TPSA) is 42.1 Å². The monoisotopic (exact) mass is 217 g/mol. The van der Waals surface area contributed by atoms with Gasteiger partial charge in [0, 0.05) is 37.6 Å². The van der Waals surface area contributed by atoms with Crippen molar-refractivity contribution in [1.82, 2.24) is 9.88 Å². The number of nitrogens with zero attached hydrogens (tertiary/aromatic N) is 2. The summed E-state index contributed by atoms with van der Waals surface area (Å²) in [5.41, 5.74) is 7.85. The fourth-order valence-electron chi connectivity index (χ4n) is 2.70. The molecule has 16 heavy (non-hydrogen) atoms. The molecule has 3 nitrogen and oxygen atoms in total. The fraction of sp³-hybridized carbons (Fsp3) is 0.615. The predicted molar refractivity (Wildman–Crippen MR) is 64.0 cm³/mol. The molecule has 2 N–H and O–H groups in total. The van der Waals surface area contributed by atoms with Gasteiger partial charge >= 0.3 is 0 Å². The Balaban J connectivity index is 1.45. The zero-order valence-electron chi connectivity index (χ0n) is 9.60. The van der Waals surface area contributed by atoms with E-state index in [9.17, 15) is 0 Å². The second-order valence-electron chi connectivity index (χ2n) is 5.32. The van der Waals surface area contributed by atoms with Gasteiger partial charge in [-0.2, -0.15) is 0 Å². The second kappa shape index (κ2) is 3.82. The van der Waals surface area contributed by atoms with Gasteiger partial charge in [0.15, 0.2) is 0 Å². The number of hydrogen-bond acceptors (Lipinski definition) is 3. The Labute approximate surface area is 96.7 Å². The molecule has 1 aliphatic heterocycles. The van der Waals surface area contributed by atoms with Gasteiger partial charge in [-0.3, -0.25) is 9.88 Å². The Morgan fingerprint density at radius 2 is 2.00 bits per heavy atom. The summed E-state index contributed by atoms with van der Waals surface area (Å²) in [5.74, 6) is 0.824. The molecule has 2 aliphatic rings. The largest absolute Gasteiger partial charge is 0.323 e. The maximum atomic E-state index is 6.32. The predicted octanol–water partition coefficient (Wildman–Crippen LogP) is 1.05. The lowest BCUT2D eigenvalue weighted by Gasteiger charge is -2.48. The first-order valence-corrected chi connectivity index (χ1v) is 6.16.